The number of benzene rings is 4. The van der Waals surface area contributed by atoms with Crippen LogP contribution in [0.15, 0.2) is 127 Å². The van der Waals surface area contributed by atoms with Crippen LogP contribution in [0.2, 0.25) is 13.1 Å². The Hall–Kier alpha value is -2.17. The third-order valence-electron chi connectivity index (χ3n) is 7.07. The SMILES string of the molecule is CC(C)(C)N[Si](C)(C)C1=C(c2ccccc2)C(c2ccccc2)=C(c2ccccc2)C1c1ccccc1.[Cl-].[Cl-].[Ti+2]. The molecule has 1 N–H and O–H groups in total. The average Bonchev–Trinajstić information content (AvgIpc) is 3.27. The number of halogens is 2. The van der Waals surface area contributed by atoms with E-state index in [9.17, 15) is 0 Å². The van der Waals surface area contributed by atoms with Gasteiger partial charge in [-0.05, 0) is 64.9 Å². The Kier molecular flexibility index (Phi) is 12.0. The Morgan fingerprint density at radius 1 is 0.550 bits per heavy atom. The molecule has 40 heavy (non-hydrogen) atoms. The third kappa shape index (κ3) is 7.18. The van der Waals surface area contributed by atoms with Crippen molar-refractivity contribution in [2.75, 3.05) is 0 Å². The molecule has 1 aliphatic rings. The predicted octanol–water partition coefficient (Wildman–Crippen LogP) is 2.99. The summed E-state index contributed by atoms with van der Waals surface area (Å²) in [5.74, 6) is 0.172. The van der Waals surface area contributed by atoms with Crippen LogP contribution in [-0.4, -0.2) is 13.8 Å². The van der Waals surface area contributed by atoms with Crippen LogP contribution in [0.5, 0.6) is 0 Å². The quantitative estimate of drug-likeness (QED) is 0.328. The normalized spacial score (nSPS) is 15.2. The monoisotopic (exact) mass is 617 g/mol. The molecule has 1 atom stereocenters. The molecule has 5 heteroatoms. The first-order valence-electron chi connectivity index (χ1n) is 13.3. The molecule has 0 amide bonds. The molecule has 1 nitrogen and oxygen atoms in total. The maximum absolute atomic E-state index is 4.14. The molecule has 0 radical (unpaired) electrons. The van der Waals surface area contributed by atoms with E-state index in [1.54, 1.807) is 5.20 Å². The van der Waals surface area contributed by atoms with Crippen LogP contribution in [0.25, 0.3) is 16.7 Å². The van der Waals surface area contributed by atoms with Crippen LogP contribution in [0.3, 0.4) is 0 Å². The molecule has 0 aromatic heterocycles. The Morgan fingerprint density at radius 2 is 0.925 bits per heavy atom. The van der Waals surface area contributed by atoms with E-state index in [4.69, 9.17) is 0 Å². The van der Waals surface area contributed by atoms with Crippen molar-refractivity contribution in [2.45, 2.75) is 45.3 Å². The number of hydrogen-bond donors (Lipinski definition) is 1. The van der Waals surface area contributed by atoms with Gasteiger partial charge in [-0.25, -0.2) is 0 Å². The van der Waals surface area contributed by atoms with Crippen LogP contribution in [-0.2, 0) is 21.7 Å². The van der Waals surface area contributed by atoms with Gasteiger partial charge < -0.3 is 29.8 Å². The third-order valence-corrected chi connectivity index (χ3v) is 10.3. The summed E-state index contributed by atoms with van der Waals surface area (Å²) in [6.45, 7) is 11.9. The number of rotatable bonds is 6. The Bertz CT molecular complexity index is 1430. The van der Waals surface area contributed by atoms with Gasteiger partial charge in [-0.1, -0.05) is 134 Å². The van der Waals surface area contributed by atoms with E-state index in [2.05, 4.69) is 160 Å². The second-order valence-corrected chi connectivity index (χ2v) is 15.6. The Labute approximate surface area is 269 Å². The van der Waals surface area contributed by atoms with E-state index in [1.165, 1.54) is 39.0 Å². The zero-order valence-electron chi connectivity index (χ0n) is 23.9. The van der Waals surface area contributed by atoms with Crippen molar-refractivity contribution in [1.29, 1.82) is 0 Å². The predicted molar refractivity (Wildman–Crippen MR) is 163 cm³/mol. The first-order valence-corrected chi connectivity index (χ1v) is 16.3. The van der Waals surface area contributed by atoms with Crippen molar-refractivity contribution >= 4 is 25.0 Å². The maximum Gasteiger partial charge on any atom is 2.00 e. The van der Waals surface area contributed by atoms with Crippen molar-refractivity contribution in [3.8, 4) is 0 Å². The first-order chi connectivity index (χ1) is 17.8. The maximum atomic E-state index is 4.14. The summed E-state index contributed by atoms with van der Waals surface area (Å²) in [4.78, 5) is 4.14. The number of allylic oxidation sites excluding steroid dienone is 4. The summed E-state index contributed by atoms with van der Waals surface area (Å²) in [6.07, 6.45) is 0. The van der Waals surface area contributed by atoms with Crippen LogP contribution in [0, 0.1) is 0 Å². The minimum atomic E-state index is -2.16. The fourth-order valence-corrected chi connectivity index (χ4v) is 10.0. The summed E-state index contributed by atoms with van der Waals surface area (Å²) in [5, 5.41) is 1.55. The van der Waals surface area contributed by atoms with Gasteiger partial charge in [-0.3, -0.25) is 0 Å². The summed E-state index contributed by atoms with van der Waals surface area (Å²) in [7, 11) is -2.16. The van der Waals surface area contributed by atoms with E-state index in [-0.39, 0.29) is 58.0 Å². The summed E-state index contributed by atoms with van der Waals surface area (Å²) in [6, 6.07) is 44.2. The molecule has 0 fully saturated rings. The van der Waals surface area contributed by atoms with Crippen molar-refractivity contribution in [3.63, 3.8) is 0 Å². The number of hydrogen-bond acceptors (Lipinski definition) is 1. The average molecular weight is 619 g/mol. The van der Waals surface area contributed by atoms with Gasteiger partial charge in [-0.15, -0.1) is 0 Å². The zero-order valence-corrected chi connectivity index (χ0v) is 28.0. The van der Waals surface area contributed by atoms with Crippen molar-refractivity contribution in [3.05, 3.63) is 149 Å². The fourth-order valence-electron chi connectivity index (χ4n) is 6.10. The Morgan fingerprint density at radius 3 is 1.35 bits per heavy atom. The van der Waals surface area contributed by atoms with Gasteiger partial charge >= 0.3 is 21.7 Å². The van der Waals surface area contributed by atoms with Crippen molar-refractivity contribution in [2.24, 2.45) is 0 Å². The molecule has 1 aliphatic carbocycles. The van der Waals surface area contributed by atoms with Gasteiger partial charge in [0.1, 0.15) is 8.24 Å². The van der Waals surface area contributed by atoms with Gasteiger partial charge in [0.15, 0.2) is 0 Å². The molecule has 5 rings (SSSR count). The minimum absolute atomic E-state index is 0. The van der Waals surface area contributed by atoms with Gasteiger partial charge in [0.2, 0.25) is 0 Å². The molecule has 0 bridgehead atoms. The minimum Gasteiger partial charge on any atom is -1.00 e. The van der Waals surface area contributed by atoms with Crippen LogP contribution < -0.4 is 29.8 Å². The second kappa shape index (κ2) is 14.1. The van der Waals surface area contributed by atoms with E-state index < -0.39 is 8.24 Å². The smallest absolute Gasteiger partial charge is 1.00 e. The van der Waals surface area contributed by atoms with E-state index in [0.29, 0.717) is 0 Å². The number of nitrogens with one attached hydrogen (secondary N) is 1. The van der Waals surface area contributed by atoms with Crippen molar-refractivity contribution in [1.82, 2.24) is 4.98 Å². The van der Waals surface area contributed by atoms with Gasteiger partial charge in [0.25, 0.3) is 0 Å². The van der Waals surface area contributed by atoms with E-state index in [0.717, 1.165) is 0 Å². The van der Waals surface area contributed by atoms with Gasteiger partial charge in [-0.2, -0.15) is 0 Å². The molecular formula is C35H37Cl2NSiTi. The molecule has 204 valence electrons. The van der Waals surface area contributed by atoms with E-state index in [1.807, 2.05) is 0 Å². The largest absolute Gasteiger partial charge is 2.00 e. The summed E-state index contributed by atoms with van der Waals surface area (Å²) >= 11 is 0. The standard InChI is InChI=1S/C35H37NSi.2ClH.Ti/c1-35(2,3)36-37(4,5)34-32(28-22-14-8-15-23-28)30(26-18-10-6-11-19-26)31(27-20-12-7-13-21-27)33(34)29-24-16-9-17-25-29;;;/h6-25,32,36H,1-5H3;2*1H;/q;;;+2/p-2. The van der Waals surface area contributed by atoms with E-state index >= 15 is 0 Å². The van der Waals surface area contributed by atoms with Gasteiger partial charge in [0, 0.05) is 11.5 Å². The second-order valence-electron chi connectivity index (χ2n) is 11.5. The molecule has 4 aromatic rings. The Balaban J connectivity index is 0.00000187. The first kappa shape index (κ1) is 34.0. The molecule has 0 aliphatic heterocycles. The molecule has 0 saturated carbocycles. The molecule has 1 unspecified atom stereocenters. The molecular weight excluding hydrogens is 581 g/mol. The summed E-state index contributed by atoms with van der Waals surface area (Å²) < 4.78 is 0. The van der Waals surface area contributed by atoms with Crippen LogP contribution in [0.1, 0.15) is 48.9 Å². The molecule has 0 heterocycles. The fraction of sp³-hybridized carbons (Fsp3) is 0.200. The zero-order chi connectivity index (χ0) is 26.0. The molecule has 0 spiro atoms. The topological polar surface area (TPSA) is 12.0 Å². The van der Waals surface area contributed by atoms with Crippen LogP contribution in [0.4, 0.5) is 0 Å². The summed E-state index contributed by atoms with van der Waals surface area (Å²) in [5.41, 5.74) is 9.38. The molecule has 4 aromatic carbocycles. The van der Waals surface area contributed by atoms with Crippen molar-refractivity contribution < 1.29 is 46.5 Å². The van der Waals surface area contributed by atoms with Crippen LogP contribution >= 0.6 is 0 Å². The molecule has 0 saturated heterocycles. The van der Waals surface area contributed by atoms with Gasteiger partial charge in [0.05, 0.1) is 0 Å².